The predicted octanol–water partition coefficient (Wildman–Crippen LogP) is 3.84. The number of rotatable bonds is 4. The zero-order valence-electron chi connectivity index (χ0n) is 11.9. The highest BCUT2D eigenvalue weighted by Crippen LogP contribution is 2.27. The molecule has 3 rings (SSSR count). The molecule has 102 valence electrons. The first kappa shape index (κ1) is 12.9. The van der Waals surface area contributed by atoms with Gasteiger partial charge in [0.2, 0.25) is 0 Å². The number of aliphatic imine (C=N–C) groups is 1. The molecule has 0 bridgehead atoms. The topological polar surface area (TPSA) is 15.6 Å². The Morgan fingerprint density at radius 1 is 1.00 bits per heavy atom. The Hall–Kier alpha value is -2.09. The van der Waals surface area contributed by atoms with Gasteiger partial charge in [0, 0.05) is 19.5 Å². The molecule has 0 atom stereocenters. The van der Waals surface area contributed by atoms with Crippen molar-refractivity contribution >= 4 is 11.5 Å². The summed E-state index contributed by atoms with van der Waals surface area (Å²) >= 11 is 0. The van der Waals surface area contributed by atoms with Crippen LogP contribution in [-0.2, 0) is 12.8 Å². The van der Waals surface area contributed by atoms with E-state index >= 15 is 0 Å². The molecular formula is C18H20N2. The highest BCUT2D eigenvalue weighted by atomic mass is 15.2. The molecule has 1 aliphatic rings. The first-order valence-electron chi connectivity index (χ1n) is 7.31. The van der Waals surface area contributed by atoms with Crippen LogP contribution in [0.1, 0.15) is 18.1 Å². The Morgan fingerprint density at radius 2 is 1.75 bits per heavy atom. The largest absolute Gasteiger partial charge is 0.360 e. The number of likely N-dealkylation sites (N-methyl/N-ethyl adjacent to an activating group) is 1. The number of para-hydroxylation sites is 1. The van der Waals surface area contributed by atoms with Gasteiger partial charge in [-0.2, -0.15) is 0 Å². The highest BCUT2D eigenvalue weighted by Gasteiger charge is 2.18. The summed E-state index contributed by atoms with van der Waals surface area (Å²) in [6, 6.07) is 19.1. The number of hydrogen-bond donors (Lipinski definition) is 0. The minimum atomic E-state index is 0.971. The fourth-order valence-corrected chi connectivity index (χ4v) is 2.68. The van der Waals surface area contributed by atoms with Crippen LogP contribution in [0.3, 0.4) is 0 Å². The SMILES string of the molecule is CCN(CCc1ccccc1)C1=Nc2ccccc2C1. The molecule has 0 amide bonds. The molecule has 1 aliphatic heterocycles. The smallest absolute Gasteiger partial charge is 0.109 e. The second-order valence-corrected chi connectivity index (χ2v) is 5.15. The molecule has 0 aromatic heterocycles. The van der Waals surface area contributed by atoms with Gasteiger partial charge in [0.15, 0.2) is 0 Å². The van der Waals surface area contributed by atoms with Crippen LogP contribution in [0, 0.1) is 0 Å². The van der Waals surface area contributed by atoms with Crippen LogP contribution in [-0.4, -0.2) is 23.8 Å². The van der Waals surface area contributed by atoms with Crippen molar-refractivity contribution in [1.82, 2.24) is 4.90 Å². The number of benzene rings is 2. The number of nitrogens with zero attached hydrogens (tertiary/aromatic N) is 2. The third-order valence-corrected chi connectivity index (χ3v) is 3.85. The summed E-state index contributed by atoms with van der Waals surface area (Å²) < 4.78 is 0. The molecule has 0 unspecified atom stereocenters. The fourth-order valence-electron chi connectivity index (χ4n) is 2.68. The summed E-state index contributed by atoms with van der Waals surface area (Å²) in [4.78, 5) is 7.17. The summed E-state index contributed by atoms with van der Waals surface area (Å²) in [6.07, 6.45) is 2.04. The van der Waals surface area contributed by atoms with Gasteiger partial charge in [0.25, 0.3) is 0 Å². The van der Waals surface area contributed by atoms with Crippen LogP contribution in [0.25, 0.3) is 0 Å². The van der Waals surface area contributed by atoms with Crippen molar-refractivity contribution in [3.05, 3.63) is 65.7 Å². The molecule has 0 spiro atoms. The standard InChI is InChI=1S/C18H20N2/c1-2-20(13-12-15-8-4-3-5-9-15)18-14-16-10-6-7-11-17(16)19-18/h3-11H,2,12-14H2,1H3. The van der Waals surface area contributed by atoms with Gasteiger partial charge >= 0.3 is 0 Å². The van der Waals surface area contributed by atoms with Crippen LogP contribution < -0.4 is 0 Å². The maximum absolute atomic E-state index is 4.78. The van der Waals surface area contributed by atoms with Crippen molar-refractivity contribution in [2.45, 2.75) is 19.8 Å². The zero-order valence-corrected chi connectivity index (χ0v) is 11.9. The summed E-state index contributed by atoms with van der Waals surface area (Å²) in [5.41, 5.74) is 3.88. The third-order valence-electron chi connectivity index (χ3n) is 3.85. The maximum Gasteiger partial charge on any atom is 0.109 e. The minimum absolute atomic E-state index is 0.971. The predicted molar refractivity (Wildman–Crippen MR) is 84.6 cm³/mol. The second kappa shape index (κ2) is 5.91. The van der Waals surface area contributed by atoms with Crippen molar-refractivity contribution < 1.29 is 0 Å². The molecule has 0 saturated heterocycles. The van der Waals surface area contributed by atoms with Crippen molar-refractivity contribution in [3.8, 4) is 0 Å². The summed E-state index contributed by atoms with van der Waals surface area (Å²) in [6.45, 7) is 4.25. The summed E-state index contributed by atoms with van der Waals surface area (Å²) in [5, 5.41) is 0. The van der Waals surface area contributed by atoms with E-state index in [2.05, 4.69) is 66.4 Å². The van der Waals surface area contributed by atoms with Crippen LogP contribution in [0.4, 0.5) is 5.69 Å². The van der Waals surface area contributed by atoms with E-state index in [1.54, 1.807) is 0 Å². The Bertz CT molecular complexity index is 602. The molecule has 0 N–H and O–H groups in total. The Morgan fingerprint density at radius 3 is 2.50 bits per heavy atom. The Balaban J connectivity index is 1.67. The van der Waals surface area contributed by atoms with Gasteiger partial charge in [0.05, 0.1) is 5.69 Å². The van der Waals surface area contributed by atoms with E-state index in [0.29, 0.717) is 0 Å². The molecule has 1 heterocycles. The Kier molecular flexibility index (Phi) is 3.82. The lowest BCUT2D eigenvalue weighted by atomic mass is 10.1. The molecule has 20 heavy (non-hydrogen) atoms. The van der Waals surface area contributed by atoms with Gasteiger partial charge in [0.1, 0.15) is 5.84 Å². The lowest BCUT2D eigenvalue weighted by molar-refractivity contribution is 0.440. The van der Waals surface area contributed by atoms with Crippen LogP contribution in [0.15, 0.2) is 59.6 Å². The minimum Gasteiger partial charge on any atom is -0.360 e. The van der Waals surface area contributed by atoms with Crippen molar-refractivity contribution in [2.24, 2.45) is 4.99 Å². The molecule has 2 heteroatoms. The Labute approximate surface area is 120 Å². The molecule has 2 nitrogen and oxygen atoms in total. The molecule has 2 aromatic rings. The first-order chi connectivity index (χ1) is 9.86. The summed E-state index contributed by atoms with van der Waals surface area (Å²) in [7, 11) is 0. The molecule has 0 radical (unpaired) electrons. The summed E-state index contributed by atoms with van der Waals surface area (Å²) in [5.74, 6) is 1.21. The molecule has 2 aromatic carbocycles. The van der Waals surface area contributed by atoms with E-state index < -0.39 is 0 Å². The van der Waals surface area contributed by atoms with Crippen molar-refractivity contribution in [3.63, 3.8) is 0 Å². The monoisotopic (exact) mass is 264 g/mol. The normalized spacial score (nSPS) is 12.9. The fraction of sp³-hybridized carbons (Fsp3) is 0.278. The van der Waals surface area contributed by atoms with Crippen molar-refractivity contribution in [2.75, 3.05) is 13.1 Å². The van der Waals surface area contributed by atoms with Gasteiger partial charge in [-0.05, 0) is 30.5 Å². The van der Waals surface area contributed by atoms with Gasteiger partial charge < -0.3 is 4.90 Å². The van der Waals surface area contributed by atoms with E-state index in [0.717, 1.165) is 31.6 Å². The third kappa shape index (κ3) is 2.74. The highest BCUT2D eigenvalue weighted by molar-refractivity contribution is 5.92. The lowest BCUT2D eigenvalue weighted by Gasteiger charge is -2.22. The van der Waals surface area contributed by atoms with E-state index in [1.165, 1.54) is 17.0 Å². The van der Waals surface area contributed by atoms with E-state index in [-0.39, 0.29) is 0 Å². The van der Waals surface area contributed by atoms with E-state index in [4.69, 9.17) is 4.99 Å². The molecular weight excluding hydrogens is 244 g/mol. The number of amidine groups is 1. The molecule has 0 saturated carbocycles. The van der Waals surface area contributed by atoms with Crippen LogP contribution in [0.5, 0.6) is 0 Å². The van der Waals surface area contributed by atoms with Gasteiger partial charge in [-0.3, -0.25) is 0 Å². The van der Waals surface area contributed by atoms with Gasteiger partial charge in [-0.1, -0.05) is 48.5 Å². The average Bonchev–Trinajstić information content (AvgIpc) is 2.92. The number of fused-ring (bicyclic) bond motifs is 1. The van der Waals surface area contributed by atoms with Crippen molar-refractivity contribution in [1.29, 1.82) is 0 Å². The zero-order chi connectivity index (χ0) is 13.8. The van der Waals surface area contributed by atoms with Crippen LogP contribution >= 0.6 is 0 Å². The lowest BCUT2D eigenvalue weighted by Crippen LogP contribution is -2.32. The molecule has 0 fully saturated rings. The van der Waals surface area contributed by atoms with E-state index in [1.807, 2.05) is 0 Å². The first-order valence-corrected chi connectivity index (χ1v) is 7.31. The number of hydrogen-bond acceptors (Lipinski definition) is 2. The average molecular weight is 264 g/mol. The van der Waals surface area contributed by atoms with E-state index in [9.17, 15) is 0 Å². The maximum atomic E-state index is 4.78. The molecule has 0 aliphatic carbocycles. The van der Waals surface area contributed by atoms with Crippen LogP contribution in [0.2, 0.25) is 0 Å². The van der Waals surface area contributed by atoms with Gasteiger partial charge in [-0.15, -0.1) is 0 Å². The second-order valence-electron chi connectivity index (χ2n) is 5.15. The quantitative estimate of drug-likeness (QED) is 0.819. The van der Waals surface area contributed by atoms with Gasteiger partial charge in [-0.25, -0.2) is 4.99 Å².